The average Bonchev–Trinajstić information content (AvgIpc) is 2.45. The van der Waals surface area contributed by atoms with Crippen molar-refractivity contribution in [1.29, 1.82) is 0 Å². The zero-order valence-corrected chi connectivity index (χ0v) is 13.1. The van der Waals surface area contributed by atoms with Gasteiger partial charge in [-0.1, -0.05) is 60.5 Å². The van der Waals surface area contributed by atoms with Crippen molar-refractivity contribution >= 4 is 23.2 Å². The van der Waals surface area contributed by atoms with Crippen molar-refractivity contribution < 1.29 is 0 Å². The monoisotopic (exact) mass is 307 g/mol. The molecule has 1 N–H and O–H groups in total. The van der Waals surface area contributed by atoms with E-state index < -0.39 is 0 Å². The molecule has 106 valence electrons. The van der Waals surface area contributed by atoms with Gasteiger partial charge in [-0.2, -0.15) is 0 Å². The Morgan fingerprint density at radius 1 is 1.05 bits per heavy atom. The minimum atomic E-state index is 0.369. The van der Waals surface area contributed by atoms with Crippen LogP contribution in [-0.2, 0) is 6.42 Å². The Labute approximate surface area is 130 Å². The highest BCUT2D eigenvalue weighted by molar-refractivity contribution is 6.31. The predicted molar refractivity (Wildman–Crippen MR) is 87.9 cm³/mol. The maximum absolute atomic E-state index is 6.27. The number of hydrogen-bond donors (Lipinski definition) is 1. The van der Waals surface area contributed by atoms with E-state index in [0.717, 1.165) is 29.6 Å². The van der Waals surface area contributed by atoms with Gasteiger partial charge < -0.3 is 5.32 Å². The molecule has 0 amide bonds. The molecule has 0 fully saturated rings. The van der Waals surface area contributed by atoms with Gasteiger partial charge >= 0.3 is 0 Å². The summed E-state index contributed by atoms with van der Waals surface area (Å²) in [7, 11) is 0. The van der Waals surface area contributed by atoms with Crippen molar-refractivity contribution in [3.63, 3.8) is 0 Å². The van der Waals surface area contributed by atoms with E-state index >= 15 is 0 Å². The summed E-state index contributed by atoms with van der Waals surface area (Å²) in [6.07, 6.45) is 0.910. The van der Waals surface area contributed by atoms with Gasteiger partial charge in [0.25, 0.3) is 0 Å². The first-order valence-electron chi connectivity index (χ1n) is 6.90. The summed E-state index contributed by atoms with van der Waals surface area (Å²) in [5.74, 6) is 0.369. The van der Waals surface area contributed by atoms with Crippen LogP contribution >= 0.6 is 23.2 Å². The van der Waals surface area contributed by atoms with Gasteiger partial charge in [0.15, 0.2) is 0 Å². The summed E-state index contributed by atoms with van der Waals surface area (Å²) in [6, 6.07) is 16.1. The number of halogens is 2. The maximum atomic E-state index is 6.27. The van der Waals surface area contributed by atoms with E-state index in [-0.39, 0.29) is 0 Å². The van der Waals surface area contributed by atoms with E-state index in [9.17, 15) is 0 Å². The Morgan fingerprint density at radius 2 is 1.85 bits per heavy atom. The highest BCUT2D eigenvalue weighted by Gasteiger charge is 2.14. The number of likely N-dealkylation sites (N-methyl/N-ethyl adjacent to an activating group) is 1. The predicted octanol–water partition coefficient (Wildman–Crippen LogP) is 4.93. The van der Waals surface area contributed by atoms with E-state index in [2.05, 4.69) is 24.4 Å². The van der Waals surface area contributed by atoms with Crippen molar-refractivity contribution in [2.45, 2.75) is 19.3 Å². The zero-order chi connectivity index (χ0) is 14.4. The zero-order valence-electron chi connectivity index (χ0n) is 11.6. The van der Waals surface area contributed by atoms with Crippen molar-refractivity contribution in [2.75, 3.05) is 13.1 Å². The van der Waals surface area contributed by atoms with E-state index in [1.807, 2.05) is 36.4 Å². The average molecular weight is 308 g/mol. The number of nitrogens with one attached hydrogen (secondary N) is 1. The molecule has 0 aliphatic carbocycles. The van der Waals surface area contributed by atoms with Crippen LogP contribution in [0.3, 0.4) is 0 Å². The Hall–Kier alpha value is -1.02. The van der Waals surface area contributed by atoms with Crippen LogP contribution in [0, 0.1) is 0 Å². The molecule has 0 saturated heterocycles. The summed E-state index contributed by atoms with van der Waals surface area (Å²) in [6.45, 7) is 3.99. The van der Waals surface area contributed by atoms with Gasteiger partial charge in [-0.25, -0.2) is 0 Å². The Bertz CT molecular complexity index is 554. The molecule has 3 heteroatoms. The van der Waals surface area contributed by atoms with Gasteiger partial charge in [0.05, 0.1) is 0 Å². The summed E-state index contributed by atoms with van der Waals surface area (Å²) in [4.78, 5) is 0. The Balaban J connectivity index is 2.21. The second-order valence-electron chi connectivity index (χ2n) is 4.86. The maximum Gasteiger partial charge on any atom is 0.0438 e. The molecule has 2 aromatic rings. The fourth-order valence-corrected chi connectivity index (χ4v) is 2.73. The highest BCUT2D eigenvalue weighted by Crippen LogP contribution is 2.26. The van der Waals surface area contributed by atoms with Gasteiger partial charge in [0.1, 0.15) is 0 Å². The minimum Gasteiger partial charge on any atom is -0.316 e. The molecule has 1 unspecified atom stereocenters. The topological polar surface area (TPSA) is 12.0 Å². The van der Waals surface area contributed by atoms with Gasteiger partial charge in [0, 0.05) is 22.5 Å². The minimum absolute atomic E-state index is 0.369. The van der Waals surface area contributed by atoms with Gasteiger partial charge in [-0.15, -0.1) is 0 Å². The number of hydrogen-bond acceptors (Lipinski definition) is 1. The summed E-state index contributed by atoms with van der Waals surface area (Å²) >= 11 is 12.4. The third-order valence-electron chi connectivity index (χ3n) is 3.38. The first-order valence-corrected chi connectivity index (χ1v) is 7.66. The van der Waals surface area contributed by atoms with Crippen LogP contribution in [0.15, 0.2) is 48.5 Å². The first kappa shape index (κ1) is 15.4. The second kappa shape index (κ2) is 7.68. The molecule has 1 atom stereocenters. The standard InChI is InChI=1S/C17H19Cl2N/c1-2-20-12-15(13-7-5-8-16(18)11-13)10-14-6-3-4-9-17(14)19/h3-9,11,15,20H,2,10,12H2,1H3. The molecule has 20 heavy (non-hydrogen) atoms. The second-order valence-corrected chi connectivity index (χ2v) is 5.70. The summed E-state index contributed by atoms with van der Waals surface area (Å²) in [5.41, 5.74) is 2.43. The van der Waals surface area contributed by atoms with Crippen LogP contribution in [0.5, 0.6) is 0 Å². The molecular weight excluding hydrogens is 289 g/mol. The molecule has 0 aliphatic rings. The Kier molecular flexibility index (Phi) is 5.90. The van der Waals surface area contributed by atoms with E-state index in [0.29, 0.717) is 5.92 Å². The lowest BCUT2D eigenvalue weighted by Gasteiger charge is -2.19. The smallest absolute Gasteiger partial charge is 0.0438 e. The molecule has 2 aromatic carbocycles. The van der Waals surface area contributed by atoms with Crippen LogP contribution < -0.4 is 5.32 Å². The van der Waals surface area contributed by atoms with E-state index in [4.69, 9.17) is 23.2 Å². The molecule has 0 radical (unpaired) electrons. The van der Waals surface area contributed by atoms with E-state index in [1.165, 1.54) is 11.1 Å². The molecule has 0 bridgehead atoms. The van der Waals surface area contributed by atoms with Crippen molar-refractivity contribution in [3.8, 4) is 0 Å². The van der Waals surface area contributed by atoms with Gasteiger partial charge in [-0.3, -0.25) is 0 Å². The van der Waals surface area contributed by atoms with Crippen LogP contribution in [-0.4, -0.2) is 13.1 Å². The van der Waals surface area contributed by atoms with Crippen molar-refractivity contribution in [3.05, 3.63) is 69.7 Å². The molecule has 2 rings (SSSR count). The Morgan fingerprint density at radius 3 is 2.55 bits per heavy atom. The van der Waals surface area contributed by atoms with Crippen LogP contribution in [0.1, 0.15) is 24.0 Å². The lowest BCUT2D eigenvalue weighted by Crippen LogP contribution is -2.22. The largest absolute Gasteiger partial charge is 0.316 e. The lowest BCUT2D eigenvalue weighted by molar-refractivity contribution is 0.595. The molecule has 0 saturated carbocycles. The molecule has 1 nitrogen and oxygen atoms in total. The van der Waals surface area contributed by atoms with Crippen molar-refractivity contribution in [1.82, 2.24) is 5.32 Å². The molecule has 0 aliphatic heterocycles. The van der Waals surface area contributed by atoms with Crippen molar-refractivity contribution in [2.24, 2.45) is 0 Å². The molecule has 0 spiro atoms. The van der Waals surface area contributed by atoms with Gasteiger partial charge in [-0.05, 0) is 42.3 Å². The molecule has 0 aromatic heterocycles. The van der Waals surface area contributed by atoms with Crippen LogP contribution in [0.4, 0.5) is 0 Å². The first-order chi connectivity index (χ1) is 9.70. The normalized spacial score (nSPS) is 12.3. The fraction of sp³-hybridized carbons (Fsp3) is 0.294. The number of benzene rings is 2. The van der Waals surface area contributed by atoms with E-state index in [1.54, 1.807) is 0 Å². The third-order valence-corrected chi connectivity index (χ3v) is 3.99. The van der Waals surface area contributed by atoms with Gasteiger partial charge in [0.2, 0.25) is 0 Å². The number of rotatable bonds is 6. The highest BCUT2D eigenvalue weighted by atomic mass is 35.5. The fourth-order valence-electron chi connectivity index (χ4n) is 2.32. The third kappa shape index (κ3) is 4.24. The quantitative estimate of drug-likeness (QED) is 0.798. The SMILES string of the molecule is CCNCC(Cc1ccccc1Cl)c1cccc(Cl)c1. The lowest BCUT2D eigenvalue weighted by atomic mass is 9.92. The summed E-state index contributed by atoms with van der Waals surface area (Å²) in [5, 5.41) is 5.03. The molecular formula is C17H19Cl2N. The van der Waals surface area contributed by atoms with Crippen LogP contribution in [0.2, 0.25) is 10.0 Å². The summed E-state index contributed by atoms with van der Waals surface area (Å²) < 4.78 is 0. The molecule has 0 heterocycles. The van der Waals surface area contributed by atoms with Crippen LogP contribution in [0.25, 0.3) is 0 Å².